The minimum atomic E-state index is -0.580. The van der Waals surface area contributed by atoms with Crippen molar-refractivity contribution in [1.29, 1.82) is 0 Å². The Morgan fingerprint density at radius 2 is 2.16 bits per heavy atom. The van der Waals surface area contributed by atoms with Crippen molar-refractivity contribution in [3.63, 3.8) is 0 Å². The number of carbonyl (C=O) groups excluding carboxylic acids is 1. The summed E-state index contributed by atoms with van der Waals surface area (Å²) in [5.74, 6) is -0.224. The van der Waals surface area contributed by atoms with Crippen molar-refractivity contribution in [2.75, 3.05) is 5.32 Å². The second-order valence-corrected chi connectivity index (χ2v) is 6.93. The van der Waals surface area contributed by atoms with Gasteiger partial charge in [0.25, 0.3) is 0 Å². The molecule has 3 N–H and O–H groups in total. The summed E-state index contributed by atoms with van der Waals surface area (Å²) in [4.78, 5) is 16.3. The molecule has 0 spiro atoms. The van der Waals surface area contributed by atoms with E-state index in [2.05, 4.69) is 10.3 Å². The number of aromatic nitrogens is 1. The lowest BCUT2D eigenvalue weighted by atomic mass is 9.87. The van der Waals surface area contributed by atoms with E-state index in [1.165, 1.54) is 11.3 Å². The third kappa shape index (κ3) is 3.23. The molecule has 0 saturated heterocycles. The Kier molecular flexibility index (Phi) is 3.80. The number of nitrogens with two attached hydrogens (primary N) is 1. The van der Waals surface area contributed by atoms with Gasteiger partial charge in [0.2, 0.25) is 5.91 Å². The number of nitrogens with one attached hydrogen (secondary N) is 1. The molecular weight excluding hydrogens is 282 g/mol. The molecule has 1 unspecified atom stereocenters. The summed E-state index contributed by atoms with van der Waals surface area (Å²) in [6.07, 6.45) is 0. The number of benzene rings is 1. The third-order valence-electron chi connectivity index (χ3n) is 2.80. The smallest absolute Gasteiger partial charge is 0.243 e. The number of hydrogen-bond donors (Lipinski definition) is 2. The monoisotopic (exact) mass is 297 g/mol. The van der Waals surface area contributed by atoms with Gasteiger partial charge in [0.05, 0.1) is 16.3 Å². The molecule has 1 amide bonds. The Bertz CT molecular complexity index is 618. The van der Waals surface area contributed by atoms with Crippen molar-refractivity contribution in [2.24, 2.45) is 11.1 Å². The van der Waals surface area contributed by atoms with Gasteiger partial charge in [0.15, 0.2) is 5.13 Å². The molecule has 0 saturated carbocycles. The highest BCUT2D eigenvalue weighted by molar-refractivity contribution is 7.22. The second kappa shape index (κ2) is 5.07. The zero-order chi connectivity index (χ0) is 14.2. The predicted octanol–water partition coefficient (Wildman–Crippen LogP) is 3.26. The fourth-order valence-corrected chi connectivity index (χ4v) is 2.67. The maximum absolute atomic E-state index is 12.0. The van der Waals surface area contributed by atoms with E-state index in [4.69, 9.17) is 17.3 Å². The van der Waals surface area contributed by atoms with Gasteiger partial charge >= 0.3 is 0 Å². The fraction of sp³-hybridized carbons (Fsp3) is 0.385. The molecule has 2 aromatic rings. The van der Waals surface area contributed by atoms with Crippen molar-refractivity contribution in [1.82, 2.24) is 4.98 Å². The van der Waals surface area contributed by atoms with Gasteiger partial charge < -0.3 is 11.1 Å². The van der Waals surface area contributed by atoms with Crippen LogP contribution in [0.1, 0.15) is 20.8 Å². The highest BCUT2D eigenvalue weighted by Crippen LogP contribution is 2.28. The molecular formula is C13H16ClN3OS. The first-order valence-corrected chi connectivity index (χ1v) is 7.09. The summed E-state index contributed by atoms with van der Waals surface area (Å²) in [7, 11) is 0. The van der Waals surface area contributed by atoms with Crippen LogP contribution in [0.2, 0.25) is 5.02 Å². The first kappa shape index (κ1) is 14.2. The Morgan fingerprint density at radius 3 is 2.79 bits per heavy atom. The van der Waals surface area contributed by atoms with Crippen LogP contribution >= 0.6 is 22.9 Å². The number of anilines is 1. The average Bonchev–Trinajstić information content (AvgIpc) is 2.67. The molecule has 1 aromatic carbocycles. The van der Waals surface area contributed by atoms with Gasteiger partial charge in [-0.3, -0.25) is 4.79 Å². The summed E-state index contributed by atoms with van der Waals surface area (Å²) < 4.78 is 0.937. The van der Waals surface area contributed by atoms with Gasteiger partial charge in [-0.25, -0.2) is 4.98 Å². The van der Waals surface area contributed by atoms with Crippen molar-refractivity contribution in [3.05, 3.63) is 23.2 Å². The Balaban J connectivity index is 2.20. The fourth-order valence-electron chi connectivity index (χ4n) is 1.53. The van der Waals surface area contributed by atoms with E-state index >= 15 is 0 Å². The lowest BCUT2D eigenvalue weighted by Crippen LogP contribution is -2.45. The van der Waals surface area contributed by atoms with E-state index in [1.54, 1.807) is 6.07 Å². The van der Waals surface area contributed by atoms with E-state index in [9.17, 15) is 4.79 Å². The molecule has 0 radical (unpaired) electrons. The zero-order valence-electron chi connectivity index (χ0n) is 11.0. The first-order chi connectivity index (χ1) is 8.77. The van der Waals surface area contributed by atoms with Crippen LogP contribution in [0.5, 0.6) is 0 Å². The first-order valence-electron chi connectivity index (χ1n) is 5.90. The molecule has 0 aliphatic heterocycles. The largest absolute Gasteiger partial charge is 0.319 e. The van der Waals surface area contributed by atoms with Gasteiger partial charge in [-0.15, -0.1) is 0 Å². The van der Waals surface area contributed by atoms with E-state index in [-0.39, 0.29) is 11.3 Å². The molecule has 0 aliphatic carbocycles. The molecule has 1 heterocycles. The molecule has 1 aromatic heterocycles. The zero-order valence-corrected chi connectivity index (χ0v) is 12.6. The number of hydrogen-bond acceptors (Lipinski definition) is 4. The second-order valence-electron chi connectivity index (χ2n) is 5.46. The summed E-state index contributed by atoms with van der Waals surface area (Å²) in [6, 6.07) is 4.85. The summed E-state index contributed by atoms with van der Waals surface area (Å²) in [5.41, 5.74) is 6.43. The third-order valence-corrected chi connectivity index (χ3v) is 3.96. The molecule has 6 heteroatoms. The number of fused-ring (bicyclic) bond motifs is 1. The lowest BCUT2D eigenvalue weighted by Gasteiger charge is -2.25. The topological polar surface area (TPSA) is 68.0 Å². The Morgan fingerprint density at radius 1 is 1.47 bits per heavy atom. The van der Waals surface area contributed by atoms with Crippen molar-refractivity contribution in [2.45, 2.75) is 26.8 Å². The van der Waals surface area contributed by atoms with E-state index in [1.807, 2.05) is 32.9 Å². The maximum atomic E-state index is 12.0. The number of amides is 1. The van der Waals surface area contributed by atoms with E-state index in [0.717, 1.165) is 10.2 Å². The molecule has 102 valence electrons. The van der Waals surface area contributed by atoms with Crippen LogP contribution in [0.25, 0.3) is 10.2 Å². The molecule has 2 rings (SSSR count). The van der Waals surface area contributed by atoms with E-state index < -0.39 is 6.04 Å². The van der Waals surface area contributed by atoms with Gasteiger partial charge in [-0.2, -0.15) is 0 Å². The molecule has 19 heavy (non-hydrogen) atoms. The molecule has 0 aliphatic rings. The average molecular weight is 298 g/mol. The summed E-state index contributed by atoms with van der Waals surface area (Å²) in [6.45, 7) is 5.78. The summed E-state index contributed by atoms with van der Waals surface area (Å²) >= 11 is 7.30. The van der Waals surface area contributed by atoms with Crippen LogP contribution in [0, 0.1) is 5.41 Å². The Hall–Kier alpha value is -1.17. The highest BCUT2D eigenvalue weighted by atomic mass is 35.5. The highest BCUT2D eigenvalue weighted by Gasteiger charge is 2.28. The number of halogens is 1. The van der Waals surface area contributed by atoms with Crippen molar-refractivity contribution < 1.29 is 4.79 Å². The number of thiazole rings is 1. The standard InChI is InChI=1S/C13H16ClN3OS/c1-13(2,3)10(15)11(18)17-12-16-8-5-4-7(14)6-9(8)19-12/h4-6,10H,15H2,1-3H3,(H,16,17,18). The normalized spacial score (nSPS) is 13.5. The number of nitrogens with zero attached hydrogens (tertiary/aromatic N) is 1. The molecule has 0 fully saturated rings. The number of carbonyl (C=O) groups is 1. The minimum absolute atomic E-state index is 0.224. The van der Waals surface area contributed by atoms with Crippen LogP contribution in [0.15, 0.2) is 18.2 Å². The molecule has 0 bridgehead atoms. The summed E-state index contributed by atoms with van der Waals surface area (Å²) in [5, 5.41) is 3.95. The Labute approximate surface area is 121 Å². The SMILES string of the molecule is CC(C)(C)C(N)C(=O)Nc1nc2ccc(Cl)cc2s1. The van der Waals surface area contributed by atoms with Crippen LogP contribution in [0.4, 0.5) is 5.13 Å². The van der Waals surface area contributed by atoms with Crippen molar-refractivity contribution >= 4 is 44.2 Å². The van der Waals surface area contributed by atoms with Crippen LogP contribution in [0.3, 0.4) is 0 Å². The minimum Gasteiger partial charge on any atom is -0.319 e. The van der Waals surface area contributed by atoms with Gasteiger partial charge in [0, 0.05) is 5.02 Å². The van der Waals surface area contributed by atoms with Crippen molar-refractivity contribution in [3.8, 4) is 0 Å². The van der Waals surface area contributed by atoms with Gasteiger partial charge in [0.1, 0.15) is 0 Å². The van der Waals surface area contributed by atoms with E-state index in [0.29, 0.717) is 10.2 Å². The van der Waals surface area contributed by atoms with Crippen LogP contribution in [-0.4, -0.2) is 16.9 Å². The lowest BCUT2D eigenvalue weighted by molar-refractivity contribution is -0.119. The molecule has 4 nitrogen and oxygen atoms in total. The van der Waals surface area contributed by atoms with Gasteiger partial charge in [-0.1, -0.05) is 43.7 Å². The molecule has 1 atom stereocenters. The predicted molar refractivity (Wildman–Crippen MR) is 80.7 cm³/mol. The van der Waals surface area contributed by atoms with Gasteiger partial charge in [-0.05, 0) is 23.6 Å². The van der Waals surface area contributed by atoms with Crippen LogP contribution < -0.4 is 11.1 Å². The van der Waals surface area contributed by atoms with Crippen LogP contribution in [-0.2, 0) is 4.79 Å². The maximum Gasteiger partial charge on any atom is 0.243 e. The quantitative estimate of drug-likeness (QED) is 0.894. The number of rotatable bonds is 2.